The molecule has 0 fully saturated rings. The second-order valence-electron chi connectivity index (χ2n) is 3.39. The first kappa shape index (κ1) is 14.1. The molecule has 0 amide bonds. The van der Waals surface area contributed by atoms with E-state index in [2.05, 4.69) is 45.5 Å². The minimum absolute atomic E-state index is 0.164. The number of hydrogen-bond donors (Lipinski definition) is 4. The van der Waals surface area contributed by atoms with Crippen molar-refractivity contribution >= 4 is 47.0 Å². The zero-order valence-corrected chi connectivity index (χ0v) is 11.8. The Morgan fingerprint density at radius 2 is 1.74 bits per heavy atom. The molecule has 2 aromatic rings. The molecule has 0 radical (unpaired) electrons. The number of nitrogens with zero attached hydrogens (tertiary/aromatic N) is 3. The van der Waals surface area contributed by atoms with E-state index in [1.165, 1.54) is 18.2 Å². The van der Waals surface area contributed by atoms with Gasteiger partial charge in [-0.3, -0.25) is 4.55 Å². The van der Waals surface area contributed by atoms with Crippen molar-refractivity contribution in [1.82, 2.24) is 15.0 Å². The number of thiol groups is 2. The van der Waals surface area contributed by atoms with Crippen molar-refractivity contribution in [2.75, 3.05) is 5.32 Å². The number of aromatic nitrogens is 3. The molecule has 0 spiro atoms. The van der Waals surface area contributed by atoms with Crippen LogP contribution in [0.15, 0.2) is 39.5 Å². The minimum atomic E-state index is -4.26. The molecule has 0 aliphatic carbocycles. The first-order valence-corrected chi connectivity index (χ1v) is 7.16. The molecule has 7 nitrogen and oxygen atoms in total. The van der Waals surface area contributed by atoms with Gasteiger partial charge in [0.15, 0.2) is 10.3 Å². The Labute approximate surface area is 120 Å². The number of rotatable bonds is 3. The second-order valence-corrected chi connectivity index (χ2v) is 5.61. The van der Waals surface area contributed by atoms with Gasteiger partial charge in [0, 0.05) is 5.69 Å². The molecule has 0 bridgehead atoms. The summed E-state index contributed by atoms with van der Waals surface area (Å²) < 4.78 is 31.0. The highest BCUT2D eigenvalue weighted by Crippen LogP contribution is 2.18. The van der Waals surface area contributed by atoms with Crippen LogP contribution in [0.5, 0.6) is 0 Å². The predicted octanol–water partition coefficient (Wildman–Crippen LogP) is 1.44. The summed E-state index contributed by atoms with van der Waals surface area (Å²) in [4.78, 5) is 11.3. The van der Waals surface area contributed by atoms with Crippen LogP contribution >= 0.6 is 25.3 Å². The Morgan fingerprint density at radius 3 is 2.32 bits per heavy atom. The summed E-state index contributed by atoms with van der Waals surface area (Å²) in [5, 5.41) is 3.11. The smallest absolute Gasteiger partial charge is 0.294 e. The first-order valence-electron chi connectivity index (χ1n) is 4.83. The highest BCUT2D eigenvalue weighted by Gasteiger charge is 2.10. The lowest BCUT2D eigenvalue weighted by Gasteiger charge is -2.06. The lowest BCUT2D eigenvalue weighted by atomic mass is 10.3. The zero-order chi connectivity index (χ0) is 14.0. The van der Waals surface area contributed by atoms with Crippen LogP contribution in [0.4, 0.5) is 11.6 Å². The predicted molar refractivity (Wildman–Crippen MR) is 73.9 cm³/mol. The van der Waals surface area contributed by atoms with Gasteiger partial charge in [-0.05, 0) is 18.2 Å². The zero-order valence-electron chi connectivity index (χ0n) is 9.22. The summed E-state index contributed by atoms with van der Waals surface area (Å²) in [7, 11) is -4.26. The molecule has 0 unspecified atom stereocenters. The molecule has 1 aromatic heterocycles. The third-order valence-corrected chi connectivity index (χ3v) is 3.25. The van der Waals surface area contributed by atoms with Crippen LogP contribution in [0.25, 0.3) is 0 Å². The third kappa shape index (κ3) is 3.80. The lowest BCUT2D eigenvalue weighted by molar-refractivity contribution is 0.483. The summed E-state index contributed by atoms with van der Waals surface area (Å²) in [6.45, 7) is 0. The van der Waals surface area contributed by atoms with Gasteiger partial charge in [0.05, 0.1) is 4.90 Å². The Hall–Kier alpha value is -1.36. The van der Waals surface area contributed by atoms with Gasteiger partial charge in [0.1, 0.15) is 0 Å². The average Bonchev–Trinajstić information content (AvgIpc) is 2.26. The molecule has 100 valence electrons. The number of nitrogens with one attached hydrogen (secondary N) is 1. The molecule has 19 heavy (non-hydrogen) atoms. The molecule has 2 N–H and O–H groups in total. The summed E-state index contributed by atoms with van der Waals surface area (Å²) in [5.41, 5.74) is 0.391. The van der Waals surface area contributed by atoms with Gasteiger partial charge >= 0.3 is 0 Å². The van der Waals surface area contributed by atoms with E-state index < -0.39 is 10.1 Å². The van der Waals surface area contributed by atoms with E-state index in [0.717, 1.165) is 0 Å². The van der Waals surface area contributed by atoms with Crippen LogP contribution in [0.1, 0.15) is 0 Å². The molecule has 1 heterocycles. The van der Waals surface area contributed by atoms with E-state index in [9.17, 15) is 8.42 Å². The third-order valence-electron chi connectivity index (χ3n) is 2.00. The number of anilines is 2. The first-order chi connectivity index (χ1) is 8.84. The highest BCUT2D eigenvalue weighted by molar-refractivity contribution is 7.85. The van der Waals surface area contributed by atoms with E-state index in [1.54, 1.807) is 6.07 Å². The topological polar surface area (TPSA) is 105 Å². The average molecular weight is 316 g/mol. The molecule has 0 saturated carbocycles. The van der Waals surface area contributed by atoms with Gasteiger partial charge in [-0.25, -0.2) is 0 Å². The fourth-order valence-electron chi connectivity index (χ4n) is 1.27. The number of hydrogen-bond acceptors (Lipinski definition) is 8. The lowest BCUT2D eigenvalue weighted by Crippen LogP contribution is -2.02. The highest BCUT2D eigenvalue weighted by atomic mass is 32.2. The van der Waals surface area contributed by atoms with Crippen LogP contribution in [0, 0.1) is 0 Å². The maximum Gasteiger partial charge on any atom is 0.294 e. The molecular weight excluding hydrogens is 308 g/mol. The van der Waals surface area contributed by atoms with Gasteiger partial charge in [0.25, 0.3) is 10.1 Å². The van der Waals surface area contributed by atoms with E-state index in [-0.39, 0.29) is 21.2 Å². The molecule has 0 aliphatic heterocycles. The summed E-state index contributed by atoms with van der Waals surface area (Å²) in [6, 6.07) is 5.57. The van der Waals surface area contributed by atoms with Crippen molar-refractivity contribution in [3.8, 4) is 0 Å². The van der Waals surface area contributed by atoms with Gasteiger partial charge < -0.3 is 5.32 Å². The second kappa shape index (κ2) is 5.33. The summed E-state index contributed by atoms with van der Waals surface area (Å²) in [6.07, 6.45) is 0. The van der Waals surface area contributed by atoms with Gasteiger partial charge in [-0.1, -0.05) is 6.07 Å². The van der Waals surface area contributed by atoms with E-state index in [1.807, 2.05) is 0 Å². The quantitative estimate of drug-likeness (QED) is 0.501. The fourth-order valence-corrected chi connectivity index (χ4v) is 2.26. The Bertz CT molecular complexity index is 700. The largest absolute Gasteiger partial charge is 0.324 e. The van der Waals surface area contributed by atoms with Gasteiger partial charge in [-0.2, -0.15) is 23.4 Å². The van der Waals surface area contributed by atoms with Crippen molar-refractivity contribution < 1.29 is 13.0 Å². The molecule has 0 atom stereocenters. The van der Waals surface area contributed by atoms with Gasteiger partial charge in [-0.15, -0.1) is 25.3 Å². The van der Waals surface area contributed by atoms with E-state index >= 15 is 0 Å². The Balaban J connectivity index is 2.33. The number of benzene rings is 1. The molecule has 10 heteroatoms. The summed E-state index contributed by atoms with van der Waals surface area (Å²) in [5.74, 6) is 0.164. The van der Waals surface area contributed by atoms with Crippen molar-refractivity contribution in [1.29, 1.82) is 0 Å². The van der Waals surface area contributed by atoms with Crippen LogP contribution in [-0.4, -0.2) is 27.9 Å². The molecule has 0 aliphatic rings. The standard InChI is InChI=1S/C9H8N4O3S3/c14-19(15,16)6-3-1-2-5(4-6)10-7-11-8(17)13-9(18)12-7/h1-4H,(H,14,15,16)(H3,10,11,12,13,17,18). The minimum Gasteiger partial charge on any atom is -0.324 e. The van der Waals surface area contributed by atoms with E-state index in [4.69, 9.17) is 4.55 Å². The van der Waals surface area contributed by atoms with Gasteiger partial charge in [0.2, 0.25) is 5.95 Å². The molecular formula is C9H8N4O3S3. The SMILES string of the molecule is O=S(=O)(O)c1cccc(Nc2nc(S)nc(S)n2)c1. The molecule has 2 rings (SSSR count). The van der Waals surface area contributed by atoms with E-state index in [0.29, 0.717) is 5.69 Å². The van der Waals surface area contributed by atoms with Crippen LogP contribution < -0.4 is 5.32 Å². The monoisotopic (exact) mass is 316 g/mol. The molecule has 0 saturated heterocycles. The van der Waals surface area contributed by atoms with Crippen molar-refractivity contribution in [3.05, 3.63) is 24.3 Å². The maximum absolute atomic E-state index is 11.0. The fraction of sp³-hybridized carbons (Fsp3) is 0. The van der Waals surface area contributed by atoms with Crippen molar-refractivity contribution in [2.24, 2.45) is 0 Å². The molecule has 1 aromatic carbocycles. The normalized spacial score (nSPS) is 11.3. The Kier molecular flexibility index (Phi) is 3.94. The van der Waals surface area contributed by atoms with Crippen LogP contribution in [0.3, 0.4) is 0 Å². The van der Waals surface area contributed by atoms with Crippen LogP contribution in [0.2, 0.25) is 0 Å². The van der Waals surface area contributed by atoms with Crippen LogP contribution in [-0.2, 0) is 10.1 Å². The Morgan fingerprint density at radius 1 is 1.11 bits per heavy atom. The summed E-state index contributed by atoms with van der Waals surface area (Å²) >= 11 is 7.94. The maximum atomic E-state index is 11.0. The van der Waals surface area contributed by atoms with Crippen molar-refractivity contribution in [3.63, 3.8) is 0 Å². The van der Waals surface area contributed by atoms with Crippen molar-refractivity contribution in [2.45, 2.75) is 15.2 Å².